The average molecular weight is 364 g/mol. The van der Waals surface area contributed by atoms with Crippen molar-refractivity contribution in [2.45, 2.75) is 71.3 Å². The minimum atomic E-state index is -2.95. The average Bonchev–Trinajstić information content (AvgIpc) is 2.62. The molecule has 26 heavy (non-hydrogen) atoms. The van der Waals surface area contributed by atoms with Crippen molar-refractivity contribution in [3.05, 3.63) is 41.2 Å². The van der Waals surface area contributed by atoms with E-state index in [0.29, 0.717) is 23.1 Å². The van der Waals surface area contributed by atoms with E-state index in [1.165, 1.54) is 31.2 Å². The van der Waals surface area contributed by atoms with Gasteiger partial charge in [0.05, 0.1) is 0 Å². The Balaban J connectivity index is 1.90. The molecule has 0 heterocycles. The smallest absolute Gasteiger partial charge is 0.387 e. The number of hydrogen-bond acceptors (Lipinski definition) is 1. The first-order chi connectivity index (χ1) is 12.5. The number of halogens is 3. The molecule has 0 atom stereocenters. The standard InChI is InChI=1S/C22H27F3O/c1-3-5-14-6-8-15(9-7-14)16-10-11-19-17(12-16)13-20(26-22(24)25)18(4-2)21(19)23/h10-15,22H,3-9H2,1-2H3. The van der Waals surface area contributed by atoms with Crippen LogP contribution in [0.2, 0.25) is 0 Å². The van der Waals surface area contributed by atoms with Crippen LogP contribution >= 0.6 is 0 Å². The fourth-order valence-electron chi connectivity index (χ4n) is 4.38. The maximum Gasteiger partial charge on any atom is 0.387 e. The second-order valence-electron chi connectivity index (χ2n) is 7.39. The molecule has 142 valence electrons. The molecule has 4 heteroatoms. The van der Waals surface area contributed by atoms with E-state index < -0.39 is 12.4 Å². The summed E-state index contributed by atoms with van der Waals surface area (Å²) in [7, 11) is 0. The van der Waals surface area contributed by atoms with Crippen molar-refractivity contribution < 1.29 is 17.9 Å². The van der Waals surface area contributed by atoms with Crippen LogP contribution in [0.15, 0.2) is 24.3 Å². The summed E-state index contributed by atoms with van der Waals surface area (Å²) in [6.45, 7) is 1.02. The number of rotatable bonds is 6. The number of fused-ring (bicyclic) bond motifs is 1. The van der Waals surface area contributed by atoms with Crippen molar-refractivity contribution in [1.29, 1.82) is 0 Å². The van der Waals surface area contributed by atoms with Gasteiger partial charge < -0.3 is 4.74 Å². The normalized spacial score (nSPS) is 20.7. The van der Waals surface area contributed by atoms with Crippen molar-refractivity contribution in [1.82, 2.24) is 0 Å². The lowest BCUT2D eigenvalue weighted by atomic mass is 9.77. The van der Waals surface area contributed by atoms with Crippen LogP contribution < -0.4 is 4.74 Å². The molecule has 0 saturated heterocycles. The molecule has 1 saturated carbocycles. The van der Waals surface area contributed by atoms with Crippen LogP contribution in [-0.4, -0.2) is 6.61 Å². The molecule has 1 fully saturated rings. The van der Waals surface area contributed by atoms with Gasteiger partial charge >= 0.3 is 6.61 Å². The van der Waals surface area contributed by atoms with Gasteiger partial charge in [0.15, 0.2) is 0 Å². The highest BCUT2D eigenvalue weighted by molar-refractivity contribution is 5.86. The van der Waals surface area contributed by atoms with Gasteiger partial charge in [-0.15, -0.1) is 0 Å². The Hall–Kier alpha value is -1.71. The molecule has 3 rings (SSSR count). The quantitative estimate of drug-likeness (QED) is 0.526. The maximum absolute atomic E-state index is 14.8. The third-order valence-electron chi connectivity index (χ3n) is 5.75. The van der Waals surface area contributed by atoms with Crippen LogP contribution in [0.3, 0.4) is 0 Å². The highest BCUT2D eigenvalue weighted by Gasteiger charge is 2.23. The van der Waals surface area contributed by atoms with Crippen LogP contribution in [0.4, 0.5) is 13.2 Å². The lowest BCUT2D eigenvalue weighted by Gasteiger charge is -2.29. The number of benzene rings is 2. The van der Waals surface area contributed by atoms with E-state index >= 15 is 0 Å². The maximum atomic E-state index is 14.8. The Morgan fingerprint density at radius 2 is 1.81 bits per heavy atom. The lowest BCUT2D eigenvalue weighted by Crippen LogP contribution is -2.13. The van der Waals surface area contributed by atoms with Gasteiger partial charge in [-0.1, -0.05) is 44.9 Å². The predicted octanol–water partition coefficient (Wildman–Crippen LogP) is 7.22. The molecule has 0 N–H and O–H groups in total. The summed E-state index contributed by atoms with van der Waals surface area (Å²) in [4.78, 5) is 0. The van der Waals surface area contributed by atoms with E-state index in [9.17, 15) is 13.2 Å². The molecule has 0 radical (unpaired) electrons. The van der Waals surface area contributed by atoms with Gasteiger partial charge in [-0.3, -0.25) is 0 Å². The van der Waals surface area contributed by atoms with Gasteiger partial charge in [0, 0.05) is 10.9 Å². The molecule has 0 aliphatic heterocycles. The van der Waals surface area contributed by atoms with E-state index in [1.807, 2.05) is 12.1 Å². The fraction of sp³-hybridized carbons (Fsp3) is 0.545. The largest absolute Gasteiger partial charge is 0.434 e. The third-order valence-corrected chi connectivity index (χ3v) is 5.75. The zero-order chi connectivity index (χ0) is 18.7. The van der Waals surface area contributed by atoms with Crippen molar-refractivity contribution in [2.75, 3.05) is 0 Å². The minimum absolute atomic E-state index is 0.0451. The van der Waals surface area contributed by atoms with Gasteiger partial charge in [0.2, 0.25) is 0 Å². The topological polar surface area (TPSA) is 9.23 Å². The summed E-state index contributed by atoms with van der Waals surface area (Å²) in [5, 5.41) is 1.12. The molecule has 0 aromatic heterocycles. The molecule has 1 aliphatic carbocycles. The first-order valence-electron chi connectivity index (χ1n) is 9.73. The second-order valence-corrected chi connectivity index (χ2v) is 7.39. The summed E-state index contributed by atoms with van der Waals surface area (Å²) >= 11 is 0. The van der Waals surface area contributed by atoms with Crippen LogP contribution in [0, 0.1) is 11.7 Å². The van der Waals surface area contributed by atoms with Crippen LogP contribution in [0.1, 0.15) is 69.4 Å². The molecule has 1 aliphatic rings. The van der Waals surface area contributed by atoms with Gasteiger partial charge in [-0.2, -0.15) is 8.78 Å². The Morgan fingerprint density at radius 3 is 2.42 bits per heavy atom. The molecule has 0 unspecified atom stereocenters. The molecule has 0 amide bonds. The van der Waals surface area contributed by atoms with E-state index in [1.54, 1.807) is 19.1 Å². The molecule has 0 bridgehead atoms. The van der Waals surface area contributed by atoms with Crippen LogP contribution in [0.5, 0.6) is 5.75 Å². The second kappa shape index (κ2) is 8.32. The zero-order valence-corrected chi connectivity index (χ0v) is 15.5. The van der Waals surface area contributed by atoms with E-state index in [2.05, 4.69) is 11.7 Å². The van der Waals surface area contributed by atoms with Gasteiger partial charge in [0.25, 0.3) is 0 Å². The zero-order valence-electron chi connectivity index (χ0n) is 15.5. The van der Waals surface area contributed by atoms with Crippen LogP contribution in [0.25, 0.3) is 10.8 Å². The molecular formula is C22H27F3O. The van der Waals surface area contributed by atoms with Crippen molar-refractivity contribution >= 4 is 10.8 Å². The van der Waals surface area contributed by atoms with Gasteiger partial charge in [-0.05, 0) is 61.0 Å². The number of ether oxygens (including phenoxy) is 1. The predicted molar refractivity (Wildman–Crippen MR) is 99.5 cm³/mol. The Morgan fingerprint density at radius 1 is 1.08 bits per heavy atom. The highest BCUT2D eigenvalue weighted by atomic mass is 19.3. The van der Waals surface area contributed by atoms with Crippen molar-refractivity contribution in [2.24, 2.45) is 5.92 Å². The van der Waals surface area contributed by atoms with E-state index in [0.717, 1.165) is 18.8 Å². The van der Waals surface area contributed by atoms with Gasteiger partial charge in [0.1, 0.15) is 11.6 Å². The van der Waals surface area contributed by atoms with E-state index in [4.69, 9.17) is 0 Å². The monoisotopic (exact) mass is 364 g/mol. The molecule has 0 spiro atoms. The minimum Gasteiger partial charge on any atom is -0.434 e. The number of hydrogen-bond donors (Lipinski definition) is 0. The molecule has 2 aromatic rings. The summed E-state index contributed by atoms with van der Waals surface area (Å²) in [6, 6.07) is 7.32. The summed E-state index contributed by atoms with van der Waals surface area (Å²) in [5.74, 6) is 0.809. The van der Waals surface area contributed by atoms with Gasteiger partial charge in [-0.25, -0.2) is 4.39 Å². The van der Waals surface area contributed by atoms with Crippen molar-refractivity contribution in [3.8, 4) is 5.75 Å². The Labute approximate surface area is 153 Å². The molecule has 2 aromatic carbocycles. The summed E-state index contributed by atoms with van der Waals surface area (Å²) in [6.07, 6.45) is 7.60. The van der Waals surface area contributed by atoms with Crippen LogP contribution in [-0.2, 0) is 6.42 Å². The number of alkyl halides is 2. The summed E-state index contributed by atoms with van der Waals surface area (Å²) < 4.78 is 44.7. The third kappa shape index (κ3) is 3.99. The Kier molecular flexibility index (Phi) is 6.10. The highest BCUT2D eigenvalue weighted by Crippen LogP contribution is 2.39. The summed E-state index contributed by atoms with van der Waals surface area (Å²) in [5.41, 5.74) is 1.39. The molecule has 1 nitrogen and oxygen atoms in total. The SMILES string of the molecule is CCCC1CCC(c2ccc3c(F)c(CC)c(OC(F)F)cc3c2)CC1. The fourth-order valence-corrected chi connectivity index (χ4v) is 4.38. The molecular weight excluding hydrogens is 337 g/mol. The Bertz CT molecular complexity index is 749. The first-order valence-corrected chi connectivity index (χ1v) is 9.73. The lowest BCUT2D eigenvalue weighted by molar-refractivity contribution is -0.0504. The van der Waals surface area contributed by atoms with Crippen molar-refractivity contribution in [3.63, 3.8) is 0 Å². The first kappa shape index (κ1) is 19.1. The van der Waals surface area contributed by atoms with E-state index in [-0.39, 0.29) is 11.3 Å².